The van der Waals surface area contributed by atoms with Crippen molar-refractivity contribution in [3.63, 3.8) is 0 Å². The standard InChI is InChI=1S/C13H16N2O3/c1-3-8-18-11-6-4-10(9-12(11)17-2)5-7-13(16)15-14/h3-7,9H,1,8,14H2,2H3,(H,15,16)/b7-5+. The molecular formula is C13H16N2O3. The van der Waals surface area contributed by atoms with Crippen LogP contribution in [0.5, 0.6) is 11.5 Å². The van der Waals surface area contributed by atoms with Gasteiger partial charge in [0.05, 0.1) is 7.11 Å². The molecule has 5 heteroatoms. The molecule has 1 rings (SSSR count). The van der Waals surface area contributed by atoms with E-state index in [1.807, 2.05) is 5.43 Å². The number of carbonyl (C=O) groups is 1. The Morgan fingerprint density at radius 1 is 1.50 bits per heavy atom. The Morgan fingerprint density at radius 2 is 2.28 bits per heavy atom. The maximum atomic E-state index is 11.0. The fraction of sp³-hybridized carbons (Fsp3) is 0.154. The van der Waals surface area contributed by atoms with Crippen LogP contribution in [-0.4, -0.2) is 19.6 Å². The van der Waals surface area contributed by atoms with Crippen LogP contribution in [-0.2, 0) is 4.79 Å². The number of nitrogens with two attached hydrogens (primary N) is 1. The predicted octanol–water partition coefficient (Wildman–Crippen LogP) is 1.26. The maximum Gasteiger partial charge on any atom is 0.257 e. The number of amides is 1. The number of benzene rings is 1. The molecule has 0 atom stereocenters. The van der Waals surface area contributed by atoms with E-state index < -0.39 is 0 Å². The summed E-state index contributed by atoms with van der Waals surface area (Å²) in [6.45, 7) is 3.98. The highest BCUT2D eigenvalue weighted by Crippen LogP contribution is 2.28. The van der Waals surface area contributed by atoms with E-state index in [9.17, 15) is 4.79 Å². The molecule has 0 saturated heterocycles. The molecule has 0 radical (unpaired) electrons. The third-order valence-corrected chi connectivity index (χ3v) is 2.11. The van der Waals surface area contributed by atoms with Gasteiger partial charge in [0.15, 0.2) is 11.5 Å². The van der Waals surface area contributed by atoms with Crippen LogP contribution in [0.2, 0.25) is 0 Å². The van der Waals surface area contributed by atoms with E-state index in [4.69, 9.17) is 15.3 Å². The number of methoxy groups -OCH3 is 1. The summed E-state index contributed by atoms with van der Waals surface area (Å²) in [6.07, 6.45) is 4.61. The van der Waals surface area contributed by atoms with E-state index in [0.29, 0.717) is 18.1 Å². The van der Waals surface area contributed by atoms with Crippen LogP contribution in [0.4, 0.5) is 0 Å². The second kappa shape index (κ2) is 7.13. The molecule has 0 saturated carbocycles. The summed E-state index contributed by atoms with van der Waals surface area (Å²) in [7, 11) is 1.55. The molecule has 0 unspecified atom stereocenters. The van der Waals surface area contributed by atoms with E-state index in [2.05, 4.69) is 6.58 Å². The van der Waals surface area contributed by atoms with Crippen molar-refractivity contribution in [2.75, 3.05) is 13.7 Å². The largest absolute Gasteiger partial charge is 0.493 e. The topological polar surface area (TPSA) is 73.6 Å². The number of rotatable bonds is 6. The highest BCUT2D eigenvalue weighted by Gasteiger charge is 2.04. The van der Waals surface area contributed by atoms with Crippen LogP contribution in [0.15, 0.2) is 36.9 Å². The predicted molar refractivity (Wildman–Crippen MR) is 70.1 cm³/mol. The van der Waals surface area contributed by atoms with E-state index in [-0.39, 0.29) is 5.91 Å². The van der Waals surface area contributed by atoms with Gasteiger partial charge in [0.2, 0.25) is 0 Å². The summed E-state index contributed by atoms with van der Waals surface area (Å²) < 4.78 is 10.6. The van der Waals surface area contributed by atoms with E-state index >= 15 is 0 Å². The first kappa shape index (κ1) is 13.8. The van der Waals surface area contributed by atoms with Crippen LogP contribution in [0.25, 0.3) is 6.08 Å². The molecule has 1 aromatic rings. The van der Waals surface area contributed by atoms with Gasteiger partial charge in [-0.15, -0.1) is 0 Å². The Kier molecular flexibility index (Phi) is 5.47. The van der Waals surface area contributed by atoms with Crippen molar-refractivity contribution in [3.8, 4) is 11.5 Å². The number of hydrogen-bond acceptors (Lipinski definition) is 4. The Labute approximate surface area is 106 Å². The van der Waals surface area contributed by atoms with Gasteiger partial charge in [0.1, 0.15) is 6.61 Å². The van der Waals surface area contributed by atoms with Crippen molar-refractivity contribution in [3.05, 3.63) is 42.5 Å². The molecular weight excluding hydrogens is 232 g/mol. The molecule has 5 nitrogen and oxygen atoms in total. The number of hydrogen-bond donors (Lipinski definition) is 2. The van der Waals surface area contributed by atoms with Gasteiger partial charge in [-0.25, -0.2) is 5.84 Å². The van der Waals surface area contributed by atoms with Crippen LogP contribution >= 0.6 is 0 Å². The fourth-order valence-corrected chi connectivity index (χ4v) is 1.28. The lowest BCUT2D eigenvalue weighted by Gasteiger charge is -2.09. The molecule has 0 fully saturated rings. The zero-order chi connectivity index (χ0) is 13.4. The second-order valence-corrected chi connectivity index (χ2v) is 3.35. The van der Waals surface area contributed by atoms with Crippen molar-refractivity contribution < 1.29 is 14.3 Å². The monoisotopic (exact) mass is 248 g/mol. The molecule has 1 amide bonds. The van der Waals surface area contributed by atoms with Crippen molar-refractivity contribution in [1.82, 2.24) is 5.43 Å². The summed E-state index contributed by atoms with van der Waals surface area (Å²) >= 11 is 0. The number of ether oxygens (including phenoxy) is 2. The molecule has 1 aromatic carbocycles. The lowest BCUT2D eigenvalue weighted by Crippen LogP contribution is -2.27. The Morgan fingerprint density at radius 3 is 2.89 bits per heavy atom. The quantitative estimate of drug-likeness (QED) is 0.261. The van der Waals surface area contributed by atoms with Gasteiger partial charge in [0, 0.05) is 6.08 Å². The summed E-state index contributed by atoms with van der Waals surface area (Å²) in [4.78, 5) is 11.0. The van der Waals surface area contributed by atoms with Gasteiger partial charge in [-0.05, 0) is 23.8 Å². The normalized spacial score (nSPS) is 10.1. The average Bonchev–Trinajstić information content (AvgIpc) is 2.42. The second-order valence-electron chi connectivity index (χ2n) is 3.35. The molecule has 0 heterocycles. The van der Waals surface area contributed by atoms with E-state index in [1.165, 1.54) is 6.08 Å². The smallest absolute Gasteiger partial charge is 0.257 e. The molecule has 0 aliphatic rings. The van der Waals surface area contributed by atoms with Crippen molar-refractivity contribution in [2.24, 2.45) is 5.84 Å². The minimum Gasteiger partial charge on any atom is -0.493 e. The Hall–Kier alpha value is -2.27. The molecule has 0 spiro atoms. The van der Waals surface area contributed by atoms with E-state index in [0.717, 1.165) is 5.56 Å². The number of nitrogens with one attached hydrogen (secondary N) is 1. The van der Waals surface area contributed by atoms with Crippen LogP contribution in [0.1, 0.15) is 5.56 Å². The SMILES string of the molecule is C=CCOc1ccc(/C=C/C(=O)NN)cc1OC. The van der Waals surface area contributed by atoms with Gasteiger partial charge in [-0.1, -0.05) is 18.7 Å². The van der Waals surface area contributed by atoms with Crippen molar-refractivity contribution in [2.45, 2.75) is 0 Å². The van der Waals surface area contributed by atoms with Crippen LogP contribution in [0.3, 0.4) is 0 Å². The lowest BCUT2D eigenvalue weighted by atomic mass is 10.2. The van der Waals surface area contributed by atoms with Crippen molar-refractivity contribution in [1.29, 1.82) is 0 Å². The van der Waals surface area contributed by atoms with E-state index in [1.54, 1.807) is 37.5 Å². The lowest BCUT2D eigenvalue weighted by molar-refractivity contribution is -0.116. The highest BCUT2D eigenvalue weighted by molar-refractivity contribution is 5.91. The number of carbonyl (C=O) groups excluding carboxylic acids is 1. The zero-order valence-corrected chi connectivity index (χ0v) is 10.2. The molecule has 0 aliphatic carbocycles. The molecule has 0 aromatic heterocycles. The van der Waals surface area contributed by atoms with Gasteiger partial charge in [-0.3, -0.25) is 10.2 Å². The molecule has 3 N–H and O–H groups in total. The Balaban J connectivity index is 2.87. The third kappa shape index (κ3) is 3.95. The van der Waals surface area contributed by atoms with Crippen molar-refractivity contribution >= 4 is 12.0 Å². The van der Waals surface area contributed by atoms with Gasteiger partial charge < -0.3 is 9.47 Å². The third-order valence-electron chi connectivity index (χ3n) is 2.11. The Bertz CT molecular complexity index is 456. The first-order valence-electron chi connectivity index (χ1n) is 5.31. The average molecular weight is 248 g/mol. The first-order valence-corrected chi connectivity index (χ1v) is 5.31. The molecule has 18 heavy (non-hydrogen) atoms. The molecule has 0 aliphatic heterocycles. The molecule has 96 valence electrons. The van der Waals surface area contributed by atoms with Crippen LogP contribution in [0, 0.1) is 0 Å². The summed E-state index contributed by atoms with van der Waals surface area (Å²) in [5.41, 5.74) is 2.82. The fourth-order valence-electron chi connectivity index (χ4n) is 1.28. The van der Waals surface area contributed by atoms with Gasteiger partial charge in [0.25, 0.3) is 5.91 Å². The first-order chi connectivity index (χ1) is 8.71. The van der Waals surface area contributed by atoms with Gasteiger partial charge >= 0.3 is 0 Å². The zero-order valence-electron chi connectivity index (χ0n) is 10.2. The van der Waals surface area contributed by atoms with Gasteiger partial charge in [-0.2, -0.15) is 0 Å². The highest BCUT2D eigenvalue weighted by atomic mass is 16.5. The number of hydrazine groups is 1. The minimum absolute atomic E-state index is 0.374. The summed E-state index contributed by atoms with van der Waals surface area (Å²) in [5.74, 6) is 5.81. The maximum absolute atomic E-state index is 11.0. The molecule has 0 bridgehead atoms. The minimum atomic E-state index is -0.374. The van der Waals surface area contributed by atoms with Crippen LogP contribution < -0.4 is 20.7 Å². The summed E-state index contributed by atoms with van der Waals surface area (Å²) in [6, 6.07) is 5.34. The summed E-state index contributed by atoms with van der Waals surface area (Å²) in [5, 5.41) is 0.